The SMILES string of the molecule is CCC1COC(C)CN1c1ncc(Br)cc1CNC1CC1. The lowest BCUT2D eigenvalue weighted by molar-refractivity contribution is 0.0295. The maximum atomic E-state index is 5.81. The maximum absolute atomic E-state index is 5.81. The number of morpholine rings is 1. The Bertz CT molecular complexity index is 492. The lowest BCUT2D eigenvalue weighted by Crippen LogP contribution is -2.49. The molecule has 0 amide bonds. The fourth-order valence-electron chi connectivity index (χ4n) is 2.85. The van der Waals surface area contributed by atoms with E-state index in [0.29, 0.717) is 12.1 Å². The van der Waals surface area contributed by atoms with E-state index in [0.717, 1.165) is 36.4 Å². The number of aromatic nitrogens is 1. The Balaban J connectivity index is 1.83. The van der Waals surface area contributed by atoms with Gasteiger partial charge in [-0.2, -0.15) is 0 Å². The van der Waals surface area contributed by atoms with Crippen LogP contribution in [-0.4, -0.2) is 36.3 Å². The van der Waals surface area contributed by atoms with Crippen LogP contribution >= 0.6 is 15.9 Å². The molecule has 0 radical (unpaired) electrons. The molecule has 0 bridgehead atoms. The third-order valence-electron chi connectivity index (χ3n) is 4.28. The van der Waals surface area contributed by atoms with Gasteiger partial charge in [-0.3, -0.25) is 0 Å². The molecule has 0 spiro atoms. The Morgan fingerprint density at radius 3 is 3.00 bits per heavy atom. The van der Waals surface area contributed by atoms with Gasteiger partial charge in [-0.1, -0.05) is 6.92 Å². The Morgan fingerprint density at radius 1 is 1.48 bits per heavy atom. The van der Waals surface area contributed by atoms with Gasteiger partial charge in [0.15, 0.2) is 0 Å². The predicted molar refractivity (Wildman–Crippen MR) is 88.6 cm³/mol. The van der Waals surface area contributed by atoms with Crippen LogP contribution in [0.1, 0.15) is 38.7 Å². The molecule has 2 unspecified atom stereocenters. The zero-order valence-electron chi connectivity index (χ0n) is 12.8. The second kappa shape index (κ2) is 6.63. The molecule has 21 heavy (non-hydrogen) atoms. The predicted octanol–water partition coefficient (Wildman–Crippen LogP) is 3.10. The summed E-state index contributed by atoms with van der Waals surface area (Å²) in [5.41, 5.74) is 1.28. The van der Waals surface area contributed by atoms with Gasteiger partial charge in [-0.05, 0) is 48.2 Å². The smallest absolute Gasteiger partial charge is 0.133 e. The van der Waals surface area contributed by atoms with Crippen LogP contribution in [0.2, 0.25) is 0 Å². The van der Waals surface area contributed by atoms with Crippen LogP contribution in [0.4, 0.5) is 5.82 Å². The number of nitrogens with one attached hydrogen (secondary N) is 1. The van der Waals surface area contributed by atoms with Gasteiger partial charge < -0.3 is 15.0 Å². The number of hydrogen-bond donors (Lipinski definition) is 1. The Labute approximate surface area is 135 Å². The summed E-state index contributed by atoms with van der Waals surface area (Å²) in [7, 11) is 0. The highest BCUT2D eigenvalue weighted by molar-refractivity contribution is 9.10. The van der Waals surface area contributed by atoms with E-state index in [1.54, 1.807) is 0 Å². The second-order valence-electron chi connectivity index (χ2n) is 6.15. The number of anilines is 1. The summed E-state index contributed by atoms with van der Waals surface area (Å²) in [4.78, 5) is 7.15. The molecular weight excluding hydrogens is 330 g/mol. The summed E-state index contributed by atoms with van der Waals surface area (Å²) in [5, 5.41) is 3.60. The normalized spacial score (nSPS) is 26.1. The van der Waals surface area contributed by atoms with Crippen LogP contribution in [0.3, 0.4) is 0 Å². The number of ether oxygens (including phenoxy) is 1. The number of pyridine rings is 1. The highest BCUT2D eigenvalue weighted by Gasteiger charge is 2.29. The molecule has 1 aliphatic carbocycles. The fourth-order valence-corrected chi connectivity index (χ4v) is 3.22. The first-order chi connectivity index (χ1) is 10.2. The molecule has 0 aromatic carbocycles. The largest absolute Gasteiger partial charge is 0.375 e. The van der Waals surface area contributed by atoms with Crippen LogP contribution in [0.25, 0.3) is 0 Å². The van der Waals surface area contributed by atoms with Crippen LogP contribution in [0, 0.1) is 0 Å². The topological polar surface area (TPSA) is 37.4 Å². The van der Waals surface area contributed by atoms with Gasteiger partial charge in [-0.15, -0.1) is 0 Å². The van der Waals surface area contributed by atoms with E-state index in [4.69, 9.17) is 9.72 Å². The highest BCUT2D eigenvalue weighted by Crippen LogP contribution is 2.28. The first-order valence-electron chi connectivity index (χ1n) is 7.93. The molecule has 4 nitrogen and oxygen atoms in total. The quantitative estimate of drug-likeness (QED) is 0.882. The average Bonchev–Trinajstić information content (AvgIpc) is 3.29. The van der Waals surface area contributed by atoms with Crippen LogP contribution < -0.4 is 10.2 Å². The van der Waals surface area contributed by atoms with E-state index < -0.39 is 0 Å². The van der Waals surface area contributed by atoms with E-state index in [2.05, 4.69) is 46.1 Å². The van der Waals surface area contributed by atoms with E-state index in [1.165, 1.54) is 18.4 Å². The van der Waals surface area contributed by atoms with Crippen molar-refractivity contribution in [1.29, 1.82) is 0 Å². The van der Waals surface area contributed by atoms with Crippen molar-refractivity contribution in [2.75, 3.05) is 18.1 Å². The minimum absolute atomic E-state index is 0.266. The molecule has 5 heteroatoms. The molecule has 1 aromatic rings. The molecule has 1 saturated heterocycles. The Hall–Kier alpha value is -0.650. The molecule has 2 fully saturated rings. The summed E-state index contributed by atoms with van der Waals surface area (Å²) in [6, 6.07) is 3.34. The lowest BCUT2D eigenvalue weighted by atomic mass is 10.1. The van der Waals surface area contributed by atoms with Crippen molar-refractivity contribution in [3.63, 3.8) is 0 Å². The van der Waals surface area contributed by atoms with E-state index in [1.807, 2.05) is 6.20 Å². The van der Waals surface area contributed by atoms with Gasteiger partial charge in [0.2, 0.25) is 0 Å². The summed E-state index contributed by atoms with van der Waals surface area (Å²) >= 11 is 3.55. The maximum Gasteiger partial charge on any atom is 0.133 e. The van der Waals surface area contributed by atoms with Gasteiger partial charge in [0.25, 0.3) is 0 Å². The van der Waals surface area contributed by atoms with Crippen molar-refractivity contribution in [1.82, 2.24) is 10.3 Å². The zero-order valence-corrected chi connectivity index (χ0v) is 14.4. The fraction of sp³-hybridized carbons (Fsp3) is 0.688. The molecule has 2 atom stereocenters. The number of hydrogen-bond acceptors (Lipinski definition) is 4. The molecule has 1 aromatic heterocycles. The first kappa shape index (κ1) is 15.3. The van der Waals surface area contributed by atoms with Crippen LogP contribution in [-0.2, 0) is 11.3 Å². The molecule has 2 aliphatic rings. The molecular formula is C16H24BrN3O. The second-order valence-corrected chi connectivity index (χ2v) is 7.07. The number of halogens is 1. The third-order valence-corrected chi connectivity index (χ3v) is 4.71. The average molecular weight is 354 g/mol. The van der Waals surface area contributed by atoms with E-state index in [9.17, 15) is 0 Å². The van der Waals surface area contributed by atoms with Gasteiger partial charge in [-0.25, -0.2) is 4.98 Å². The van der Waals surface area contributed by atoms with Crippen LogP contribution in [0.5, 0.6) is 0 Å². The van der Waals surface area contributed by atoms with E-state index >= 15 is 0 Å². The summed E-state index contributed by atoms with van der Waals surface area (Å²) < 4.78 is 6.86. The summed E-state index contributed by atoms with van der Waals surface area (Å²) in [6.07, 6.45) is 5.87. The monoisotopic (exact) mass is 353 g/mol. The van der Waals surface area contributed by atoms with Gasteiger partial charge in [0, 0.05) is 35.4 Å². The van der Waals surface area contributed by atoms with Gasteiger partial charge in [0.1, 0.15) is 5.82 Å². The molecule has 1 saturated carbocycles. The summed E-state index contributed by atoms with van der Waals surface area (Å²) in [6.45, 7) is 6.97. The van der Waals surface area contributed by atoms with Crippen molar-refractivity contribution in [2.45, 2.75) is 57.8 Å². The van der Waals surface area contributed by atoms with Crippen molar-refractivity contribution >= 4 is 21.7 Å². The van der Waals surface area contributed by atoms with Crippen molar-refractivity contribution in [2.24, 2.45) is 0 Å². The van der Waals surface area contributed by atoms with Gasteiger partial charge >= 0.3 is 0 Å². The van der Waals surface area contributed by atoms with Crippen LogP contribution in [0.15, 0.2) is 16.7 Å². The molecule has 1 aliphatic heterocycles. The minimum Gasteiger partial charge on any atom is -0.375 e. The first-order valence-corrected chi connectivity index (χ1v) is 8.72. The minimum atomic E-state index is 0.266. The molecule has 1 N–H and O–H groups in total. The van der Waals surface area contributed by atoms with Crippen molar-refractivity contribution in [3.05, 3.63) is 22.3 Å². The molecule has 2 heterocycles. The highest BCUT2D eigenvalue weighted by atomic mass is 79.9. The number of nitrogens with zero attached hydrogens (tertiary/aromatic N) is 2. The van der Waals surface area contributed by atoms with Gasteiger partial charge in [0.05, 0.1) is 18.8 Å². The molecule has 116 valence electrons. The van der Waals surface area contributed by atoms with Crippen molar-refractivity contribution < 1.29 is 4.74 Å². The van der Waals surface area contributed by atoms with Crippen molar-refractivity contribution in [3.8, 4) is 0 Å². The van der Waals surface area contributed by atoms with E-state index in [-0.39, 0.29) is 6.10 Å². The standard InChI is InChI=1S/C16H24BrN3O/c1-3-15-10-21-11(2)9-20(15)16-12(6-13(17)8-19-16)7-18-14-4-5-14/h6,8,11,14-15,18H,3-5,7,9-10H2,1-2H3. The Morgan fingerprint density at radius 2 is 2.29 bits per heavy atom. The summed E-state index contributed by atoms with van der Waals surface area (Å²) in [5.74, 6) is 1.12. The lowest BCUT2D eigenvalue weighted by Gasteiger charge is -2.40. The zero-order chi connectivity index (χ0) is 14.8. The number of rotatable bonds is 5. The third kappa shape index (κ3) is 3.76. The molecule has 3 rings (SSSR count). The Kier molecular flexibility index (Phi) is 4.82.